The first-order valence-corrected chi connectivity index (χ1v) is 11.6. The summed E-state index contributed by atoms with van der Waals surface area (Å²) in [5, 5.41) is 16.2. The number of unbranched alkanes of at least 4 members (excludes halogenated alkanes) is 1. The van der Waals surface area contributed by atoms with Crippen LogP contribution in [0.15, 0.2) is 66.7 Å². The number of nitrogens with one attached hydrogen (secondary N) is 2. The topological polar surface area (TPSA) is 126 Å². The number of rotatable bonds is 8. The van der Waals surface area contributed by atoms with Crippen molar-refractivity contribution >= 4 is 28.9 Å². The fourth-order valence-electron chi connectivity index (χ4n) is 4.19. The van der Waals surface area contributed by atoms with Crippen molar-refractivity contribution in [1.82, 2.24) is 14.7 Å². The zero-order valence-corrected chi connectivity index (χ0v) is 19.4. The van der Waals surface area contributed by atoms with E-state index in [2.05, 4.69) is 12.2 Å². The monoisotopic (exact) mass is 457 g/mol. The maximum atomic E-state index is 12.5. The van der Waals surface area contributed by atoms with Gasteiger partial charge in [-0.1, -0.05) is 49.8 Å². The van der Waals surface area contributed by atoms with Crippen molar-refractivity contribution in [3.05, 3.63) is 72.3 Å². The molecule has 2 heterocycles. The van der Waals surface area contributed by atoms with Crippen molar-refractivity contribution < 1.29 is 4.79 Å². The largest absolute Gasteiger partial charge is 0.384 e. The van der Waals surface area contributed by atoms with Gasteiger partial charge in [-0.05, 0) is 43.2 Å². The Morgan fingerprint density at radius 3 is 2.56 bits per heavy atom. The van der Waals surface area contributed by atoms with E-state index in [1.54, 1.807) is 10.8 Å². The second-order valence-electron chi connectivity index (χ2n) is 8.45. The molecule has 1 aliphatic rings. The van der Waals surface area contributed by atoms with Crippen LogP contribution in [0.5, 0.6) is 0 Å². The Bertz CT molecular complexity index is 1180. The fourth-order valence-corrected chi connectivity index (χ4v) is 4.19. The minimum Gasteiger partial charge on any atom is -0.384 e. The molecule has 0 aliphatic carbocycles. The molecule has 0 spiro atoms. The highest BCUT2D eigenvalue weighted by Crippen LogP contribution is 2.33. The van der Waals surface area contributed by atoms with Crippen LogP contribution in [0.25, 0.3) is 11.3 Å². The number of carbonyl (C=O) groups excluding carboxylic acids is 1. The summed E-state index contributed by atoms with van der Waals surface area (Å²) in [6, 6.07) is 17.7. The van der Waals surface area contributed by atoms with E-state index >= 15 is 0 Å². The molecular weight excluding hydrogens is 426 g/mol. The Kier molecular flexibility index (Phi) is 6.96. The molecule has 3 aromatic rings. The molecule has 1 aliphatic heterocycles. The molecule has 34 heavy (non-hydrogen) atoms. The number of nitrogens with two attached hydrogens (primary N) is 2. The van der Waals surface area contributed by atoms with Crippen LogP contribution in [0, 0.1) is 5.41 Å². The summed E-state index contributed by atoms with van der Waals surface area (Å²) in [4.78, 5) is 14.3. The molecule has 2 aromatic carbocycles. The van der Waals surface area contributed by atoms with Gasteiger partial charge < -0.3 is 21.7 Å². The van der Waals surface area contributed by atoms with E-state index in [1.807, 2.05) is 65.6 Å². The van der Waals surface area contributed by atoms with Crippen LogP contribution in [0.1, 0.15) is 37.8 Å². The maximum absolute atomic E-state index is 12.5. The zero-order valence-electron chi connectivity index (χ0n) is 19.4. The number of nitrogens with zero attached hydrogens (tertiary/aromatic N) is 3. The summed E-state index contributed by atoms with van der Waals surface area (Å²) in [6.45, 7) is 3.25. The highest BCUT2D eigenvalue weighted by atomic mass is 16.2. The first-order valence-electron chi connectivity index (χ1n) is 11.6. The molecule has 1 saturated heterocycles. The SMILES string of the molecule is CCC/C=C/C(=O)N1CCC(n2nc(-c3ccc(Nc4ccccc4)cc3)c(C(=N)N)c2N)C1. The summed E-state index contributed by atoms with van der Waals surface area (Å²) in [7, 11) is 0. The number of hydrogen-bond donors (Lipinski definition) is 4. The molecule has 0 saturated carbocycles. The van der Waals surface area contributed by atoms with Gasteiger partial charge in [-0.15, -0.1) is 0 Å². The third-order valence-electron chi connectivity index (χ3n) is 5.97. The van der Waals surface area contributed by atoms with Gasteiger partial charge in [0.1, 0.15) is 17.3 Å². The smallest absolute Gasteiger partial charge is 0.246 e. The molecule has 8 heteroatoms. The first-order chi connectivity index (χ1) is 16.5. The number of anilines is 3. The number of amides is 1. The maximum Gasteiger partial charge on any atom is 0.246 e. The van der Waals surface area contributed by atoms with Crippen molar-refractivity contribution in [1.29, 1.82) is 5.41 Å². The number of benzene rings is 2. The number of likely N-dealkylation sites (tertiary alicyclic amines) is 1. The number of amidine groups is 1. The third kappa shape index (κ3) is 4.96. The standard InChI is InChI=1S/C26H31N7O/c1-2-3-5-10-22(34)32-16-15-21(17-32)33-26(29)23(25(27)28)24(31-33)18-11-13-20(14-12-18)30-19-8-6-4-7-9-19/h4-14,21,30H,2-3,15-17,29H2,1H3,(H3,27,28)/b10-5+. The van der Waals surface area contributed by atoms with Crippen molar-refractivity contribution in [2.75, 3.05) is 24.1 Å². The Balaban J connectivity index is 1.55. The predicted molar refractivity (Wildman–Crippen MR) is 137 cm³/mol. The minimum absolute atomic E-state index is 0.00944. The minimum atomic E-state index is -0.126. The number of aromatic nitrogens is 2. The summed E-state index contributed by atoms with van der Waals surface area (Å²) in [5.41, 5.74) is 16.1. The van der Waals surface area contributed by atoms with E-state index in [4.69, 9.17) is 22.0 Å². The Hall–Kier alpha value is -4.07. The number of carbonyl (C=O) groups is 1. The van der Waals surface area contributed by atoms with Gasteiger partial charge in [-0.25, -0.2) is 4.68 Å². The van der Waals surface area contributed by atoms with Crippen LogP contribution in [-0.4, -0.2) is 39.5 Å². The van der Waals surface area contributed by atoms with Crippen LogP contribution >= 0.6 is 0 Å². The van der Waals surface area contributed by atoms with Gasteiger partial charge in [0.2, 0.25) is 5.91 Å². The number of nitrogen functional groups attached to an aromatic ring is 2. The van der Waals surface area contributed by atoms with Gasteiger partial charge in [0.05, 0.1) is 11.6 Å². The van der Waals surface area contributed by atoms with E-state index in [0.717, 1.165) is 36.2 Å². The lowest BCUT2D eigenvalue weighted by Gasteiger charge is -2.15. The molecule has 1 unspecified atom stereocenters. The van der Waals surface area contributed by atoms with Gasteiger partial charge in [-0.2, -0.15) is 5.10 Å². The molecule has 1 aromatic heterocycles. The Labute approximate surface area is 199 Å². The second-order valence-corrected chi connectivity index (χ2v) is 8.45. The summed E-state index contributed by atoms with van der Waals surface area (Å²) >= 11 is 0. The highest BCUT2D eigenvalue weighted by molar-refractivity contribution is 6.05. The van der Waals surface area contributed by atoms with Crippen molar-refractivity contribution in [2.45, 2.75) is 32.2 Å². The second kappa shape index (κ2) is 10.2. The molecule has 0 bridgehead atoms. The van der Waals surface area contributed by atoms with E-state index in [-0.39, 0.29) is 17.8 Å². The predicted octanol–water partition coefficient (Wildman–Crippen LogP) is 4.29. The van der Waals surface area contributed by atoms with Crippen LogP contribution in [0.4, 0.5) is 17.2 Å². The first kappa shape index (κ1) is 23.1. The Morgan fingerprint density at radius 1 is 1.18 bits per heavy atom. The number of para-hydroxylation sites is 1. The molecule has 0 radical (unpaired) electrons. The van der Waals surface area contributed by atoms with Crippen LogP contribution < -0.4 is 16.8 Å². The third-order valence-corrected chi connectivity index (χ3v) is 5.97. The highest BCUT2D eigenvalue weighted by Gasteiger charge is 2.30. The van der Waals surface area contributed by atoms with Crippen LogP contribution in [-0.2, 0) is 4.79 Å². The van der Waals surface area contributed by atoms with E-state index in [0.29, 0.717) is 30.2 Å². The van der Waals surface area contributed by atoms with E-state index in [1.165, 1.54) is 0 Å². The summed E-state index contributed by atoms with van der Waals surface area (Å²) in [6.07, 6.45) is 6.21. The molecular formula is C26H31N7O. The molecule has 6 N–H and O–H groups in total. The van der Waals surface area contributed by atoms with Gasteiger partial charge in [0.15, 0.2) is 0 Å². The Morgan fingerprint density at radius 2 is 1.88 bits per heavy atom. The van der Waals surface area contributed by atoms with Crippen molar-refractivity contribution in [2.24, 2.45) is 5.73 Å². The molecule has 4 rings (SSSR count). The molecule has 1 atom stereocenters. The van der Waals surface area contributed by atoms with E-state index < -0.39 is 0 Å². The van der Waals surface area contributed by atoms with Gasteiger partial charge >= 0.3 is 0 Å². The summed E-state index contributed by atoms with van der Waals surface area (Å²) in [5.74, 6) is 0.240. The zero-order chi connectivity index (χ0) is 24.1. The van der Waals surface area contributed by atoms with Gasteiger partial charge in [0.25, 0.3) is 0 Å². The van der Waals surface area contributed by atoms with Crippen LogP contribution in [0.3, 0.4) is 0 Å². The molecule has 8 nitrogen and oxygen atoms in total. The lowest BCUT2D eigenvalue weighted by Crippen LogP contribution is -2.27. The average molecular weight is 458 g/mol. The van der Waals surface area contributed by atoms with Crippen LogP contribution in [0.2, 0.25) is 0 Å². The normalized spacial score (nSPS) is 15.7. The van der Waals surface area contributed by atoms with E-state index in [9.17, 15) is 4.79 Å². The fraction of sp³-hybridized carbons (Fsp3) is 0.269. The number of allylic oxidation sites excluding steroid dienone is 1. The van der Waals surface area contributed by atoms with Crippen molar-refractivity contribution in [3.63, 3.8) is 0 Å². The van der Waals surface area contributed by atoms with Gasteiger partial charge in [-0.3, -0.25) is 10.2 Å². The molecule has 1 fully saturated rings. The average Bonchev–Trinajstić information content (AvgIpc) is 3.45. The molecule has 1 amide bonds. The van der Waals surface area contributed by atoms with Crippen molar-refractivity contribution in [3.8, 4) is 11.3 Å². The quantitative estimate of drug-likeness (QED) is 0.228. The summed E-state index contributed by atoms with van der Waals surface area (Å²) < 4.78 is 1.73. The number of hydrogen-bond acceptors (Lipinski definition) is 5. The molecule has 176 valence electrons. The van der Waals surface area contributed by atoms with Gasteiger partial charge in [0, 0.05) is 30.0 Å². The lowest BCUT2D eigenvalue weighted by molar-refractivity contribution is -0.125. The lowest BCUT2D eigenvalue weighted by atomic mass is 10.1.